The molecule has 1 rings (SSSR count). The highest BCUT2D eigenvalue weighted by Gasteiger charge is 2.18. The summed E-state index contributed by atoms with van der Waals surface area (Å²) in [6, 6.07) is 2.16. The first-order valence-corrected chi connectivity index (χ1v) is 5.46. The number of rotatable bonds is 3. The molecule has 0 saturated heterocycles. The molecule has 0 radical (unpaired) electrons. The molecular weight excluding hydrogens is 276 g/mol. The Bertz CT molecular complexity index is 329. The van der Waals surface area contributed by atoms with E-state index in [2.05, 4.69) is 21.2 Å². The normalized spacial score (nSPS) is 12.9. The summed E-state index contributed by atoms with van der Waals surface area (Å²) in [6.07, 6.45) is -2.54. The number of halogens is 3. The molecule has 1 heterocycles. The Labute approximate surface area is 92.4 Å². The summed E-state index contributed by atoms with van der Waals surface area (Å²) < 4.78 is 25.0. The lowest BCUT2D eigenvalue weighted by molar-refractivity contribution is 0.0783. The van der Waals surface area contributed by atoms with E-state index in [4.69, 9.17) is 0 Å². The van der Waals surface area contributed by atoms with Gasteiger partial charge in [0.05, 0.1) is 14.7 Å². The molecule has 0 saturated carbocycles. The van der Waals surface area contributed by atoms with Gasteiger partial charge in [0.2, 0.25) is 0 Å². The molecule has 1 N–H and O–H groups in total. The van der Waals surface area contributed by atoms with E-state index >= 15 is 0 Å². The standard InChI is InChI=1S/C8H8BrF2NOS/c1-4(7(10)11)12-8(13)5-2-3-6(9)14-5/h2-4,7H,1H3,(H,12,13). The van der Waals surface area contributed by atoms with Crippen LogP contribution in [-0.2, 0) is 0 Å². The predicted molar refractivity (Wildman–Crippen MR) is 55.0 cm³/mol. The first kappa shape index (κ1) is 11.6. The van der Waals surface area contributed by atoms with Crippen LogP contribution in [0.15, 0.2) is 15.9 Å². The van der Waals surface area contributed by atoms with Gasteiger partial charge in [-0.25, -0.2) is 8.78 Å². The van der Waals surface area contributed by atoms with E-state index in [1.54, 1.807) is 12.1 Å². The quantitative estimate of drug-likeness (QED) is 0.908. The fourth-order valence-corrected chi connectivity index (χ4v) is 2.07. The van der Waals surface area contributed by atoms with Gasteiger partial charge < -0.3 is 5.32 Å². The fourth-order valence-electron chi connectivity index (χ4n) is 0.777. The molecule has 2 nitrogen and oxygen atoms in total. The third-order valence-corrected chi connectivity index (χ3v) is 3.16. The molecule has 78 valence electrons. The second-order valence-corrected chi connectivity index (χ2v) is 5.16. The van der Waals surface area contributed by atoms with Gasteiger partial charge in [0.15, 0.2) is 0 Å². The molecule has 0 aliphatic carbocycles. The summed E-state index contributed by atoms with van der Waals surface area (Å²) in [6.45, 7) is 1.27. The van der Waals surface area contributed by atoms with Crippen molar-refractivity contribution >= 4 is 33.2 Å². The van der Waals surface area contributed by atoms with Gasteiger partial charge in [-0.2, -0.15) is 0 Å². The molecule has 14 heavy (non-hydrogen) atoms. The first-order valence-electron chi connectivity index (χ1n) is 3.85. The summed E-state index contributed by atoms with van der Waals surface area (Å²) in [5.74, 6) is -0.464. The average Bonchev–Trinajstić information content (AvgIpc) is 2.51. The number of nitrogens with one attached hydrogen (secondary N) is 1. The highest BCUT2D eigenvalue weighted by Crippen LogP contribution is 2.22. The Morgan fingerprint density at radius 3 is 2.64 bits per heavy atom. The number of amides is 1. The lowest BCUT2D eigenvalue weighted by atomic mass is 10.3. The minimum absolute atomic E-state index is 0.421. The van der Waals surface area contributed by atoms with Crippen LogP contribution in [0.2, 0.25) is 0 Å². The lowest BCUT2D eigenvalue weighted by Crippen LogP contribution is -2.37. The average molecular weight is 284 g/mol. The van der Waals surface area contributed by atoms with Gasteiger partial charge in [0.1, 0.15) is 0 Å². The molecule has 1 amide bonds. The Hall–Kier alpha value is -0.490. The molecule has 1 aromatic heterocycles. The van der Waals surface area contributed by atoms with Crippen molar-refractivity contribution in [3.8, 4) is 0 Å². The van der Waals surface area contributed by atoms with Crippen molar-refractivity contribution in [2.45, 2.75) is 19.4 Å². The minimum Gasteiger partial charge on any atom is -0.343 e. The molecule has 0 aliphatic rings. The molecule has 0 aromatic carbocycles. The molecule has 1 aromatic rings. The summed E-state index contributed by atoms with van der Waals surface area (Å²) in [5, 5.41) is 2.21. The Morgan fingerprint density at radius 2 is 2.21 bits per heavy atom. The van der Waals surface area contributed by atoms with Gasteiger partial charge in [-0.15, -0.1) is 11.3 Å². The largest absolute Gasteiger partial charge is 0.343 e. The van der Waals surface area contributed by atoms with Gasteiger partial charge in [-0.3, -0.25) is 4.79 Å². The summed E-state index contributed by atoms with van der Waals surface area (Å²) in [5.41, 5.74) is 0. The van der Waals surface area contributed by atoms with Crippen molar-refractivity contribution in [1.29, 1.82) is 0 Å². The first-order chi connectivity index (χ1) is 6.50. The lowest BCUT2D eigenvalue weighted by Gasteiger charge is -2.11. The fraction of sp³-hybridized carbons (Fsp3) is 0.375. The second kappa shape index (κ2) is 4.84. The number of carbonyl (C=O) groups excluding carboxylic acids is 1. The van der Waals surface area contributed by atoms with Crippen molar-refractivity contribution in [2.24, 2.45) is 0 Å². The third-order valence-electron chi connectivity index (χ3n) is 1.53. The summed E-state index contributed by atoms with van der Waals surface area (Å²) in [4.78, 5) is 11.7. The number of hydrogen-bond donors (Lipinski definition) is 1. The smallest absolute Gasteiger partial charge is 0.261 e. The molecule has 0 spiro atoms. The van der Waals surface area contributed by atoms with Crippen LogP contribution < -0.4 is 5.32 Å². The van der Waals surface area contributed by atoms with Crippen LogP contribution in [0, 0.1) is 0 Å². The minimum atomic E-state index is -2.54. The van der Waals surface area contributed by atoms with E-state index in [1.165, 1.54) is 18.3 Å². The molecular formula is C8H8BrF2NOS. The van der Waals surface area contributed by atoms with Crippen LogP contribution >= 0.6 is 27.3 Å². The molecule has 0 bridgehead atoms. The van der Waals surface area contributed by atoms with Crippen molar-refractivity contribution < 1.29 is 13.6 Å². The van der Waals surface area contributed by atoms with Crippen LogP contribution in [0.5, 0.6) is 0 Å². The summed E-state index contributed by atoms with van der Waals surface area (Å²) in [7, 11) is 0. The molecule has 1 atom stereocenters. The van der Waals surface area contributed by atoms with E-state index in [9.17, 15) is 13.6 Å². The molecule has 0 fully saturated rings. The van der Waals surface area contributed by atoms with Gasteiger partial charge in [-0.1, -0.05) is 0 Å². The van der Waals surface area contributed by atoms with E-state index in [0.29, 0.717) is 4.88 Å². The van der Waals surface area contributed by atoms with Crippen molar-refractivity contribution in [1.82, 2.24) is 5.32 Å². The van der Waals surface area contributed by atoms with Crippen LogP contribution in [0.25, 0.3) is 0 Å². The Kier molecular flexibility index (Phi) is 4.00. The zero-order valence-corrected chi connectivity index (χ0v) is 9.66. The van der Waals surface area contributed by atoms with E-state index in [-0.39, 0.29) is 0 Å². The van der Waals surface area contributed by atoms with Gasteiger partial charge in [-0.05, 0) is 35.0 Å². The predicted octanol–water partition coefficient (Wildman–Crippen LogP) is 2.89. The Morgan fingerprint density at radius 1 is 1.57 bits per heavy atom. The highest BCUT2D eigenvalue weighted by atomic mass is 79.9. The van der Waals surface area contributed by atoms with E-state index in [1.807, 2.05) is 0 Å². The monoisotopic (exact) mass is 283 g/mol. The third kappa shape index (κ3) is 3.02. The number of thiophene rings is 1. The summed E-state index contributed by atoms with van der Waals surface area (Å²) >= 11 is 4.40. The maximum absolute atomic E-state index is 12.1. The zero-order valence-electron chi connectivity index (χ0n) is 7.26. The highest BCUT2D eigenvalue weighted by molar-refractivity contribution is 9.11. The zero-order chi connectivity index (χ0) is 10.7. The van der Waals surface area contributed by atoms with Crippen LogP contribution in [0.3, 0.4) is 0 Å². The van der Waals surface area contributed by atoms with E-state index in [0.717, 1.165) is 3.79 Å². The van der Waals surface area contributed by atoms with Gasteiger partial charge in [0, 0.05) is 0 Å². The maximum Gasteiger partial charge on any atom is 0.261 e. The number of carbonyl (C=O) groups is 1. The second-order valence-electron chi connectivity index (χ2n) is 2.70. The Balaban J connectivity index is 2.59. The van der Waals surface area contributed by atoms with Crippen LogP contribution in [0.4, 0.5) is 8.78 Å². The number of alkyl halides is 2. The molecule has 1 unspecified atom stereocenters. The van der Waals surface area contributed by atoms with Gasteiger partial charge >= 0.3 is 0 Å². The molecule has 6 heteroatoms. The van der Waals surface area contributed by atoms with Crippen LogP contribution in [0.1, 0.15) is 16.6 Å². The van der Waals surface area contributed by atoms with Crippen LogP contribution in [-0.4, -0.2) is 18.4 Å². The van der Waals surface area contributed by atoms with Crippen molar-refractivity contribution in [2.75, 3.05) is 0 Å². The molecule has 0 aliphatic heterocycles. The van der Waals surface area contributed by atoms with Crippen molar-refractivity contribution in [3.05, 3.63) is 20.8 Å². The van der Waals surface area contributed by atoms with Gasteiger partial charge in [0.25, 0.3) is 12.3 Å². The van der Waals surface area contributed by atoms with E-state index < -0.39 is 18.4 Å². The maximum atomic E-state index is 12.1. The SMILES string of the molecule is CC(NC(=O)c1ccc(Br)s1)C(F)F. The van der Waals surface area contributed by atoms with Crippen molar-refractivity contribution in [3.63, 3.8) is 0 Å². The number of hydrogen-bond acceptors (Lipinski definition) is 2. The topological polar surface area (TPSA) is 29.1 Å².